The largest absolute Gasteiger partial charge is 0.494 e. The van der Waals surface area contributed by atoms with Gasteiger partial charge in [-0.2, -0.15) is 0 Å². The molecular weight excluding hydrogens is 639 g/mol. The van der Waals surface area contributed by atoms with Crippen LogP contribution in [-0.2, 0) is 20.8 Å². The Labute approximate surface area is 272 Å². The molecule has 1 unspecified atom stereocenters. The van der Waals surface area contributed by atoms with E-state index in [2.05, 4.69) is 20.8 Å². The lowest BCUT2D eigenvalue weighted by Gasteiger charge is -2.15. The fourth-order valence-electron chi connectivity index (χ4n) is 4.13. The van der Waals surface area contributed by atoms with Crippen LogP contribution in [0.15, 0.2) is 46.9 Å². The summed E-state index contributed by atoms with van der Waals surface area (Å²) in [4.78, 5) is 52.2. The van der Waals surface area contributed by atoms with E-state index in [1.165, 1.54) is 11.3 Å². The molecular formula is C30H33N5O7S3. The third-order valence-electron chi connectivity index (χ3n) is 6.23. The van der Waals surface area contributed by atoms with Gasteiger partial charge in [0.1, 0.15) is 15.6 Å². The van der Waals surface area contributed by atoms with Crippen molar-refractivity contribution >= 4 is 63.2 Å². The van der Waals surface area contributed by atoms with E-state index in [1.807, 2.05) is 36.6 Å². The number of anilines is 1. The lowest BCUT2D eigenvalue weighted by molar-refractivity contribution is -0.115. The highest BCUT2D eigenvalue weighted by Gasteiger charge is 2.29. The average molecular weight is 672 g/mol. The molecule has 0 saturated heterocycles. The van der Waals surface area contributed by atoms with Crippen molar-refractivity contribution < 1.29 is 33.4 Å². The summed E-state index contributed by atoms with van der Waals surface area (Å²) in [6.45, 7) is 9.44. The molecule has 0 fully saturated rings. The van der Waals surface area contributed by atoms with Crippen LogP contribution in [0.1, 0.15) is 68.8 Å². The molecule has 4 rings (SSSR count). The second kappa shape index (κ2) is 15.7. The number of nitrogens with one attached hydrogen (secondary N) is 2. The Hall–Kier alpha value is -4.21. The second-order valence-electron chi connectivity index (χ2n) is 9.27. The summed E-state index contributed by atoms with van der Waals surface area (Å²) in [5.41, 5.74) is 1.19. The van der Waals surface area contributed by atoms with Crippen LogP contribution in [0.5, 0.6) is 5.75 Å². The van der Waals surface area contributed by atoms with E-state index in [0.29, 0.717) is 39.5 Å². The number of benzene rings is 1. The number of rotatable bonds is 14. The molecule has 0 radical (unpaired) electrons. The van der Waals surface area contributed by atoms with Gasteiger partial charge in [0.05, 0.1) is 42.1 Å². The summed E-state index contributed by atoms with van der Waals surface area (Å²) in [7, 11) is 0. The van der Waals surface area contributed by atoms with Gasteiger partial charge < -0.3 is 24.8 Å². The molecule has 3 aromatic heterocycles. The maximum absolute atomic E-state index is 13.5. The van der Waals surface area contributed by atoms with Crippen molar-refractivity contribution in [3.05, 3.63) is 68.5 Å². The van der Waals surface area contributed by atoms with Crippen LogP contribution in [0.25, 0.3) is 5.69 Å². The van der Waals surface area contributed by atoms with E-state index in [1.54, 1.807) is 44.4 Å². The quantitative estimate of drug-likeness (QED) is 0.130. The van der Waals surface area contributed by atoms with Gasteiger partial charge in [0.15, 0.2) is 11.0 Å². The Bertz CT molecular complexity index is 1650. The normalized spacial score (nSPS) is 11.5. The van der Waals surface area contributed by atoms with Crippen molar-refractivity contribution in [2.24, 2.45) is 0 Å². The van der Waals surface area contributed by atoms with Gasteiger partial charge in [-0.05, 0) is 75.9 Å². The van der Waals surface area contributed by atoms with Crippen LogP contribution in [0, 0.1) is 6.92 Å². The van der Waals surface area contributed by atoms with E-state index in [0.717, 1.165) is 23.1 Å². The molecule has 1 atom stereocenters. The SMILES string of the molecule is CCOC(=O)c1sc(NC(=O)C(C)Sc2nnc(CNC(=O)c3cccs3)n2-c2ccc(OCC)cc2)c(C(=O)OCC)c1C. The summed E-state index contributed by atoms with van der Waals surface area (Å²) < 4.78 is 17.7. The zero-order valence-electron chi connectivity index (χ0n) is 25.4. The Balaban J connectivity index is 1.59. The minimum absolute atomic E-state index is 0.0894. The number of carbonyl (C=O) groups is 4. The molecule has 2 N–H and O–H groups in total. The molecule has 0 bridgehead atoms. The number of thiophene rings is 2. The fourth-order valence-corrected chi connectivity index (χ4v) is 6.75. The van der Waals surface area contributed by atoms with Gasteiger partial charge in [0.25, 0.3) is 5.91 Å². The Morgan fingerprint density at radius 2 is 1.69 bits per heavy atom. The molecule has 238 valence electrons. The molecule has 1 aromatic carbocycles. The average Bonchev–Trinajstić information content (AvgIpc) is 3.76. The first kappa shape index (κ1) is 33.7. The van der Waals surface area contributed by atoms with Crippen molar-refractivity contribution in [1.29, 1.82) is 0 Å². The van der Waals surface area contributed by atoms with Crippen molar-refractivity contribution in [3.63, 3.8) is 0 Å². The number of nitrogens with zero attached hydrogens (tertiary/aromatic N) is 3. The Kier molecular flexibility index (Phi) is 11.7. The van der Waals surface area contributed by atoms with Crippen LogP contribution in [0.3, 0.4) is 0 Å². The molecule has 4 aromatic rings. The molecule has 0 saturated carbocycles. The zero-order valence-corrected chi connectivity index (χ0v) is 27.8. The molecule has 0 spiro atoms. The monoisotopic (exact) mass is 671 g/mol. The Morgan fingerprint density at radius 1 is 0.978 bits per heavy atom. The van der Waals surface area contributed by atoms with Crippen LogP contribution in [0.2, 0.25) is 0 Å². The first-order valence-corrected chi connectivity index (χ1v) is 16.7. The van der Waals surface area contributed by atoms with E-state index in [4.69, 9.17) is 14.2 Å². The van der Waals surface area contributed by atoms with Gasteiger partial charge >= 0.3 is 11.9 Å². The number of ether oxygens (including phenoxy) is 3. The van der Waals surface area contributed by atoms with Crippen LogP contribution < -0.4 is 15.4 Å². The summed E-state index contributed by atoms with van der Waals surface area (Å²) in [6, 6.07) is 10.8. The number of hydrogen-bond donors (Lipinski definition) is 2. The topological polar surface area (TPSA) is 151 Å². The van der Waals surface area contributed by atoms with Gasteiger partial charge in [-0.1, -0.05) is 17.8 Å². The van der Waals surface area contributed by atoms with Crippen LogP contribution in [0.4, 0.5) is 5.00 Å². The van der Waals surface area contributed by atoms with Crippen molar-refractivity contribution in [2.45, 2.75) is 51.6 Å². The highest BCUT2D eigenvalue weighted by atomic mass is 32.2. The number of amides is 2. The molecule has 12 nitrogen and oxygen atoms in total. The Morgan fingerprint density at radius 3 is 2.33 bits per heavy atom. The van der Waals surface area contributed by atoms with Crippen molar-refractivity contribution in [2.75, 3.05) is 25.1 Å². The summed E-state index contributed by atoms with van der Waals surface area (Å²) in [5.74, 6) is -0.765. The minimum atomic E-state index is -0.715. The molecule has 0 aliphatic rings. The summed E-state index contributed by atoms with van der Waals surface area (Å²) >= 11 is 3.43. The highest BCUT2D eigenvalue weighted by molar-refractivity contribution is 8.00. The molecule has 2 amide bonds. The molecule has 0 aliphatic carbocycles. The van der Waals surface area contributed by atoms with Gasteiger partial charge in [-0.25, -0.2) is 9.59 Å². The summed E-state index contributed by atoms with van der Waals surface area (Å²) in [5, 5.41) is 16.0. The van der Waals surface area contributed by atoms with Gasteiger partial charge in [-0.15, -0.1) is 32.9 Å². The molecule has 45 heavy (non-hydrogen) atoms. The molecule has 0 aliphatic heterocycles. The minimum Gasteiger partial charge on any atom is -0.494 e. The van der Waals surface area contributed by atoms with Gasteiger partial charge in [-0.3, -0.25) is 14.2 Å². The smallest absolute Gasteiger partial charge is 0.348 e. The lowest BCUT2D eigenvalue weighted by atomic mass is 10.1. The molecule has 15 heteroatoms. The van der Waals surface area contributed by atoms with Crippen molar-refractivity contribution in [1.82, 2.24) is 20.1 Å². The molecule has 3 heterocycles. The number of aromatic nitrogens is 3. The standard InChI is InChI=1S/C30H33N5O7S3/c1-6-40-20-13-11-19(12-14-20)35-22(16-31-26(37)21-10-9-15-43-21)33-34-30(35)44-18(5)25(36)32-27-23(28(38)41-7-2)17(4)24(45-27)29(39)42-8-3/h9-15,18H,6-8,16H2,1-5H3,(H,31,37)(H,32,36). The first-order chi connectivity index (χ1) is 21.7. The van der Waals surface area contributed by atoms with E-state index >= 15 is 0 Å². The maximum atomic E-state index is 13.5. The van der Waals surface area contributed by atoms with Crippen LogP contribution >= 0.6 is 34.4 Å². The first-order valence-electron chi connectivity index (χ1n) is 14.1. The van der Waals surface area contributed by atoms with Gasteiger partial charge in [0.2, 0.25) is 5.91 Å². The van der Waals surface area contributed by atoms with Crippen LogP contribution in [-0.4, -0.2) is 63.6 Å². The number of carbonyl (C=O) groups excluding carboxylic acids is 4. The predicted octanol–water partition coefficient (Wildman–Crippen LogP) is 5.50. The number of hydrogen-bond acceptors (Lipinski definition) is 12. The van der Waals surface area contributed by atoms with E-state index < -0.39 is 23.1 Å². The fraction of sp³-hybridized carbons (Fsp3) is 0.333. The number of esters is 2. The predicted molar refractivity (Wildman–Crippen MR) is 173 cm³/mol. The van der Waals surface area contributed by atoms with Gasteiger partial charge in [0, 0.05) is 5.69 Å². The van der Waals surface area contributed by atoms with E-state index in [-0.39, 0.29) is 41.1 Å². The van der Waals surface area contributed by atoms with Crippen molar-refractivity contribution in [3.8, 4) is 11.4 Å². The lowest BCUT2D eigenvalue weighted by Crippen LogP contribution is -2.25. The van der Waals surface area contributed by atoms with E-state index in [9.17, 15) is 19.2 Å². The highest BCUT2D eigenvalue weighted by Crippen LogP contribution is 2.35. The zero-order chi connectivity index (χ0) is 32.5. The third-order valence-corrected chi connectivity index (χ3v) is 9.33. The number of thioether (sulfide) groups is 1. The maximum Gasteiger partial charge on any atom is 0.348 e. The second-order valence-corrected chi connectivity index (χ2v) is 12.5. The summed E-state index contributed by atoms with van der Waals surface area (Å²) in [6.07, 6.45) is 0. The third kappa shape index (κ3) is 8.09.